The van der Waals surface area contributed by atoms with Gasteiger partial charge in [-0.1, -0.05) is 140 Å². The fraction of sp³-hybridized carbons (Fsp3) is 0.341. The number of hydrogen-bond donors (Lipinski definition) is 2. The first-order valence-electron chi connectivity index (χ1n) is 36.8. The zero-order valence-electron chi connectivity index (χ0n) is 56.3. The van der Waals surface area contributed by atoms with Crippen LogP contribution in [-0.2, 0) is 12.4 Å². The summed E-state index contributed by atoms with van der Waals surface area (Å²) in [5, 5.41) is 0. The first kappa shape index (κ1) is 64.6. The van der Waals surface area contributed by atoms with Gasteiger partial charge in [-0.2, -0.15) is 26.3 Å². The molecule has 10 aliphatic rings. The second-order valence-electron chi connectivity index (χ2n) is 30.3. The number of nitrogens with one attached hydrogen (secondary N) is 2. The summed E-state index contributed by atoms with van der Waals surface area (Å²) < 4.78 is 104. The molecule has 514 valence electrons. The van der Waals surface area contributed by atoms with Gasteiger partial charge in [-0.3, -0.25) is 0 Å². The van der Waals surface area contributed by atoms with Gasteiger partial charge >= 0.3 is 12.4 Å². The van der Waals surface area contributed by atoms with E-state index in [1.54, 1.807) is 36.4 Å². The van der Waals surface area contributed by atoms with Crippen LogP contribution < -0.4 is 28.7 Å². The van der Waals surface area contributed by atoms with Crippen molar-refractivity contribution in [3.05, 3.63) is 270 Å². The van der Waals surface area contributed by atoms with Gasteiger partial charge in [-0.05, 0) is 296 Å². The van der Waals surface area contributed by atoms with E-state index >= 15 is 0 Å². The van der Waals surface area contributed by atoms with E-state index in [1.165, 1.54) is 79.5 Å². The third kappa shape index (κ3) is 12.1. The highest BCUT2D eigenvalue weighted by Crippen LogP contribution is 2.63. The second kappa shape index (κ2) is 26.4. The molecule has 13 unspecified atom stereocenters. The quantitative estimate of drug-likeness (QED) is 0.0988. The van der Waals surface area contributed by atoms with Crippen LogP contribution in [0.25, 0.3) is 16.7 Å². The second-order valence-corrected chi connectivity index (χ2v) is 31.0. The molecular weight excluding hydrogens is 1290 g/mol. The van der Waals surface area contributed by atoms with Gasteiger partial charge in [0.1, 0.15) is 0 Å². The van der Waals surface area contributed by atoms with Crippen LogP contribution in [0.5, 0.6) is 23.0 Å². The van der Waals surface area contributed by atoms with Gasteiger partial charge in [0.2, 0.25) is 0 Å². The van der Waals surface area contributed by atoms with E-state index in [0.717, 1.165) is 124 Å². The van der Waals surface area contributed by atoms with Gasteiger partial charge in [-0.25, -0.2) is 9.44 Å². The predicted molar refractivity (Wildman–Crippen MR) is 394 cm³/mol. The highest BCUT2D eigenvalue weighted by molar-refractivity contribution is 7.95. The maximum atomic E-state index is 13.8. The van der Waals surface area contributed by atoms with Crippen LogP contribution in [0.1, 0.15) is 123 Å². The molecule has 7 aliphatic carbocycles. The Morgan fingerprint density at radius 1 is 0.455 bits per heavy atom. The number of nitrogens with zero attached hydrogens (tertiary/aromatic N) is 2. The van der Waals surface area contributed by atoms with Crippen molar-refractivity contribution in [3.63, 3.8) is 0 Å². The summed E-state index contributed by atoms with van der Waals surface area (Å²) in [6, 6.07) is 63.3. The molecule has 0 bridgehead atoms. The largest absolute Gasteiger partial charge is 0.453 e. The molecule has 101 heavy (non-hydrogen) atoms. The summed E-state index contributed by atoms with van der Waals surface area (Å²) in [5.74, 6) is 8.78. The van der Waals surface area contributed by atoms with E-state index in [9.17, 15) is 26.3 Å². The van der Waals surface area contributed by atoms with E-state index in [1.807, 2.05) is 12.1 Å². The molecule has 0 aromatic heterocycles. The van der Waals surface area contributed by atoms with Crippen molar-refractivity contribution in [2.75, 3.05) is 9.80 Å². The first-order chi connectivity index (χ1) is 49.3. The Kier molecular flexibility index (Phi) is 16.9. The van der Waals surface area contributed by atoms with Crippen LogP contribution >= 0.6 is 12.1 Å². The molecule has 0 radical (unpaired) electrons. The van der Waals surface area contributed by atoms with Crippen molar-refractivity contribution >= 4 is 63.0 Å². The molecule has 13 atom stereocenters. The van der Waals surface area contributed by atoms with Crippen LogP contribution in [0.3, 0.4) is 0 Å². The van der Waals surface area contributed by atoms with Gasteiger partial charge in [0, 0.05) is 35.6 Å². The summed E-state index contributed by atoms with van der Waals surface area (Å²) in [7, 11) is 0. The molecule has 3 aliphatic heterocycles. The van der Waals surface area contributed by atoms with E-state index < -0.39 is 23.5 Å². The average molecular weight is 1370 g/mol. The number of fused-ring (bicyclic) bond motifs is 8. The SMILES string of the molecule is FC(F)(F)c1ccc(C2=CC3C(C=C2)C(C2CCC(C4CCC(C(C5C=CC(c6ccc7c(c6)Oc6ccccc6N7c6ccccc6)=CC5)C5CC=C(c6ccc7c(c6)Oc6ccccc6N7c6ccccc6)CC5)C5NSNC45)CC2)C2CCC(c4ccc(C(F)(F)F)cc4)CC32)cc1. The van der Waals surface area contributed by atoms with Gasteiger partial charge in [0.25, 0.3) is 0 Å². The van der Waals surface area contributed by atoms with Crippen LogP contribution in [-0.4, -0.2) is 12.1 Å². The first-order valence-corrected chi connectivity index (χ1v) is 37.6. The lowest BCUT2D eigenvalue weighted by Crippen LogP contribution is -2.54. The average Bonchev–Trinajstić information content (AvgIpc) is 1.63. The monoisotopic (exact) mass is 1370 g/mol. The number of ether oxygens (including phenoxy) is 2. The third-order valence-electron chi connectivity index (χ3n) is 25.4. The zero-order chi connectivity index (χ0) is 68.1. The molecule has 8 aromatic carbocycles. The molecular formula is C88H82F6N4O2S. The van der Waals surface area contributed by atoms with Crippen molar-refractivity contribution in [1.29, 1.82) is 0 Å². The molecule has 2 N–H and O–H groups in total. The Morgan fingerprint density at radius 2 is 1.02 bits per heavy atom. The molecule has 6 nitrogen and oxygen atoms in total. The fourth-order valence-electron chi connectivity index (χ4n) is 20.8. The topological polar surface area (TPSA) is 49.0 Å². The summed E-state index contributed by atoms with van der Waals surface area (Å²) >= 11 is 1.73. The number of benzene rings is 8. The third-order valence-corrected chi connectivity index (χ3v) is 26.1. The maximum Gasteiger partial charge on any atom is 0.416 e. The molecule has 1 saturated heterocycles. The normalized spacial score (nSPS) is 29.0. The minimum Gasteiger partial charge on any atom is -0.453 e. The summed E-state index contributed by atoms with van der Waals surface area (Å²) in [6.45, 7) is 0. The van der Waals surface area contributed by atoms with Crippen molar-refractivity contribution in [2.45, 2.75) is 114 Å². The number of hydrogen-bond acceptors (Lipinski definition) is 7. The Morgan fingerprint density at radius 3 is 1.64 bits per heavy atom. The van der Waals surface area contributed by atoms with Gasteiger partial charge in [0.15, 0.2) is 23.0 Å². The van der Waals surface area contributed by atoms with E-state index in [4.69, 9.17) is 9.47 Å². The van der Waals surface area contributed by atoms with Crippen LogP contribution in [0.4, 0.5) is 60.5 Å². The Balaban J connectivity index is 0.603. The number of para-hydroxylation sites is 6. The Bertz CT molecular complexity index is 4560. The van der Waals surface area contributed by atoms with Crippen molar-refractivity contribution < 1.29 is 35.8 Å². The van der Waals surface area contributed by atoms with Crippen molar-refractivity contribution in [1.82, 2.24) is 9.44 Å². The minimum atomic E-state index is -4.42. The number of alkyl halides is 6. The molecule has 18 rings (SSSR count). The highest BCUT2D eigenvalue weighted by Gasteiger charge is 2.56. The van der Waals surface area contributed by atoms with E-state index in [2.05, 4.69) is 195 Å². The van der Waals surface area contributed by atoms with Crippen LogP contribution in [0.2, 0.25) is 0 Å². The van der Waals surface area contributed by atoms with Gasteiger partial charge < -0.3 is 19.3 Å². The summed E-state index contributed by atoms with van der Waals surface area (Å²) in [4.78, 5) is 4.61. The molecule has 13 heteroatoms. The Hall–Kier alpha value is -8.49. The molecule has 5 fully saturated rings. The van der Waals surface area contributed by atoms with Gasteiger partial charge in [-0.15, -0.1) is 0 Å². The predicted octanol–water partition coefficient (Wildman–Crippen LogP) is 24.4. The van der Waals surface area contributed by atoms with Crippen molar-refractivity contribution in [2.24, 2.45) is 71.0 Å². The molecule has 8 aromatic rings. The smallest absolute Gasteiger partial charge is 0.416 e. The maximum absolute atomic E-state index is 13.8. The van der Waals surface area contributed by atoms with Crippen molar-refractivity contribution in [3.8, 4) is 23.0 Å². The number of rotatable bonds is 11. The highest BCUT2D eigenvalue weighted by atomic mass is 32.2. The molecule has 0 amide bonds. The minimum absolute atomic E-state index is 0.149. The summed E-state index contributed by atoms with van der Waals surface area (Å²) in [5.41, 5.74) is 12.7. The molecule has 4 saturated carbocycles. The van der Waals surface area contributed by atoms with Crippen LogP contribution in [0.15, 0.2) is 237 Å². The number of allylic oxidation sites excluding steroid dienone is 10. The summed E-state index contributed by atoms with van der Waals surface area (Å²) in [6.07, 6.45) is 22.2. The number of anilines is 6. The van der Waals surface area contributed by atoms with E-state index in [0.29, 0.717) is 77.2 Å². The lowest BCUT2D eigenvalue weighted by atomic mass is 9.57. The lowest BCUT2D eigenvalue weighted by molar-refractivity contribution is -0.138. The fourth-order valence-corrected chi connectivity index (χ4v) is 21.8. The molecule has 3 heterocycles. The van der Waals surface area contributed by atoms with E-state index in [-0.39, 0.29) is 11.8 Å². The van der Waals surface area contributed by atoms with Crippen LogP contribution in [0, 0.1) is 71.0 Å². The molecule has 0 spiro atoms. The number of halogens is 6. The zero-order valence-corrected chi connectivity index (χ0v) is 57.1. The Labute approximate surface area is 592 Å². The lowest BCUT2D eigenvalue weighted by Gasteiger charge is -2.50. The van der Waals surface area contributed by atoms with Gasteiger partial charge in [0.05, 0.1) is 33.9 Å². The standard InChI is InChI=1S/C88H82F6N4O2S/c89-87(90,91)65-39-31-55(32-40-65)61-35-43-70-73(49-61)74-50-62(56-33-41-66(42-34-56)88(92,93)94)36-44-71(74)84(70)60-29-23-57(24-30-60)69-45-46-72(86-85(69)95-101-96-86)83(58-25-19-53(20-26-58)63-37-47-77-81(51-63)99-79-17-9-7-15-75(79)97(77)67-11-3-1-4-12-67)59-27-21-54(22-28-59)64-38-48-78-82(52-64)100-80-18-10-8-16-76(80)98(78)68-13-5-2-6-14-68/h1-21,25,31-35,37-43,47-49,51-52,57-60,62,69-74,83-86,95-96H,22-24,26-30,36,44-46,50H2.